The van der Waals surface area contributed by atoms with Gasteiger partial charge < -0.3 is 16.8 Å². The van der Waals surface area contributed by atoms with Crippen molar-refractivity contribution in [2.24, 2.45) is 0 Å². The molecule has 0 bridgehead atoms. The zero-order valence-electron chi connectivity index (χ0n) is 8.96. The molecule has 0 aliphatic rings. The Kier molecular flexibility index (Phi) is 2.84. The summed E-state index contributed by atoms with van der Waals surface area (Å²) >= 11 is 0. The Bertz CT molecular complexity index is 320. The molecule has 0 spiro atoms. The molecular weight excluding hydrogens is 176 g/mol. The van der Waals surface area contributed by atoms with Gasteiger partial charge in [0.05, 0.1) is 11.4 Å². The molecule has 0 saturated heterocycles. The molecule has 1 aromatic heterocycles. The van der Waals surface area contributed by atoms with Crippen molar-refractivity contribution < 1.29 is 0 Å². The zero-order chi connectivity index (χ0) is 10.8. The van der Waals surface area contributed by atoms with Crippen molar-refractivity contribution in [3.8, 4) is 0 Å². The minimum absolute atomic E-state index is 0.0189. The maximum absolute atomic E-state index is 5.79. The van der Waals surface area contributed by atoms with Gasteiger partial charge in [-0.3, -0.25) is 0 Å². The van der Waals surface area contributed by atoms with E-state index in [0.717, 1.165) is 6.42 Å². The van der Waals surface area contributed by atoms with Crippen LogP contribution in [0.5, 0.6) is 0 Å². The van der Waals surface area contributed by atoms with E-state index >= 15 is 0 Å². The van der Waals surface area contributed by atoms with Crippen LogP contribution in [-0.4, -0.2) is 10.5 Å². The maximum Gasteiger partial charge on any atom is 0.151 e. The number of rotatable bonds is 3. The van der Waals surface area contributed by atoms with Crippen LogP contribution in [0, 0.1) is 0 Å². The smallest absolute Gasteiger partial charge is 0.151 e. The summed E-state index contributed by atoms with van der Waals surface area (Å²) in [6.07, 6.45) is 2.64. The van der Waals surface area contributed by atoms with Crippen LogP contribution in [-0.2, 0) is 0 Å². The summed E-state index contributed by atoms with van der Waals surface area (Å²) in [7, 11) is 0. The number of nitrogens with zero attached hydrogens (tertiary/aromatic N) is 1. The van der Waals surface area contributed by atoms with Crippen LogP contribution >= 0.6 is 0 Å². The molecule has 0 radical (unpaired) electrons. The van der Waals surface area contributed by atoms with E-state index in [1.54, 1.807) is 12.3 Å². The number of aromatic nitrogens is 1. The predicted molar refractivity (Wildman–Crippen MR) is 61.1 cm³/mol. The first kappa shape index (κ1) is 10.6. The van der Waals surface area contributed by atoms with Crippen LogP contribution in [0.1, 0.15) is 27.2 Å². The van der Waals surface area contributed by atoms with Gasteiger partial charge in [0.2, 0.25) is 0 Å². The summed E-state index contributed by atoms with van der Waals surface area (Å²) in [6, 6.07) is 1.69. The van der Waals surface area contributed by atoms with Crippen molar-refractivity contribution in [3.05, 3.63) is 12.3 Å². The lowest BCUT2D eigenvalue weighted by Gasteiger charge is -2.26. The fourth-order valence-electron chi connectivity index (χ4n) is 0.997. The molecule has 14 heavy (non-hydrogen) atoms. The number of hydrogen-bond donors (Lipinski definition) is 3. The highest BCUT2D eigenvalue weighted by atomic mass is 15.1. The summed E-state index contributed by atoms with van der Waals surface area (Å²) < 4.78 is 0. The van der Waals surface area contributed by atoms with Gasteiger partial charge in [-0.25, -0.2) is 4.98 Å². The lowest BCUT2D eigenvalue weighted by Crippen LogP contribution is -2.30. The molecule has 4 heteroatoms. The van der Waals surface area contributed by atoms with Crippen molar-refractivity contribution in [1.29, 1.82) is 0 Å². The minimum atomic E-state index is -0.0189. The fourth-order valence-corrected chi connectivity index (χ4v) is 0.997. The van der Waals surface area contributed by atoms with Crippen molar-refractivity contribution in [2.45, 2.75) is 32.7 Å². The normalized spacial score (nSPS) is 11.4. The average Bonchev–Trinajstić information content (AvgIpc) is 2.13. The molecule has 0 saturated carbocycles. The molecule has 78 valence electrons. The second kappa shape index (κ2) is 3.74. The van der Waals surface area contributed by atoms with Crippen molar-refractivity contribution in [2.75, 3.05) is 16.8 Å². The molecule has 0 aliphatic heterocycles. The summed E-state index contributed by atoms with van der Waals surface area (Å²) in [5.74, 6) is 0.664. The molecule has 0 aromatic carbocycles. The fraction of sp³-hybridized carbons (Fsp3) is 0.500. The van der Waals surface area contributed by atoms with E-state index in [-0.39, 0.29) is 5.54 Å². The van der Waals surface area contributed by atoms with E-state index in [9.17, 15) is 0 Å². The maximum atomic E-state index is 5.79. The van der Waals surface area contributed by atoms with E-state index in [2.05, 4.69) is 31.1 Å². The van der Waals surface area contributed by atoms with Gasteiger partial charge in [0.1, 0.15) is 0 Å². The molecule has 0 unspecified atom stereocenters. The SMILES string of the molecule is CCC(C)(C)Nc1nccc(N)c1N. The highest BCUT2D eigenvalue weighted by Gasteiger charge is 2.16. The molecular formula is C10H18N4. The van der Waals surface area contributed by atoms with Crippen molar-refractivity contribution in [1.82, 2.24) is 4.98 Å². The molecule has 1 aromatic rings. The third kappa shape index (κ3) is 2.28. The van der Waals surface area contributed by atoms with Crippen LogP contribution in [0.15, 0.2) is 12.3 Å². The number of pyridine rings is 1. The molecule has 1 heterocycles. The molecule has 0 aliphatic carbocycles. The van der Waals surface area contributed by atoms with Crippen LogP contribution in [0.2, 0.25) is 0 Å². The Hall–Kier alpha value is -1.45. The number of nitrogens with one attached hydrogen (secondary N) is 1. The number of anilines is 3. The first-order chi connectivity index (χ1) is 6.46. The summed E-state index contributed by atoms with van der Waals surface area (Å²) in [5.41, 5.74) is 12.5. The number of nitrogen functional groups attached to an aromatic ring is 2. The largest absolute Gasteiger partial charge is 0.397 e. The Morgan fingerprint density at radius 2 is 2.07 bits per heavy atom. The van der Waals surface area contributed by atoms with Gasteiger partial charge >= 0.3 is 0 Å². The van der Waals surface area contributed by atoms with Gasteiger partial charge in [-0.05, 0) is 26.3 Å². The van der Waals surface area contributed by atoms with Gasteiger partial charge in [-0.2, -0.15) is 0 Å². The second-order valence-corrected chi connectivity index (χ2v) is 4.02. The first-order valence-corrected chi connectivity index (χ1v) is 4.74. The van der Waals surface area contributed by atoms with Crippen LogP contribution in [0.3, 0.4) is 0 Å². The highest BCUT2D eigenvalue weighted by molar-refractivity contribution is 5.75. The van der Waals surface area contributed by atoms with Gasteiger partial charge in [-0.15, -0.1) is 0 Å². The van der Waals surface area contributed by atoms with E-state index in [1.165, 1.54) is 0 Å². The Balaban J connectivity index is 2.92. The monoisotopic (exact) mass is 194 g/mol. The molecule has 0 amide bonds. The quantitative estimate of drug-likeness (QED) is 0.686. The Morgan fingerprint density at radius 3 is 2.64 bits per heavy atom. The second-order valence-electron chi connectivity index (χ2n) is 4.02. The van der Waals surface area contributed by atoms with Gasteiger partial charge in [0, 0.05) is 11.7 Å². The summed E-state index contributed by atoms with van der Waals surface area (Å²) in [5, 5.41) is 3.26. The summed E-state index contributed by atoms with van der Waals surface area (Å²) in [4.78, 5) is 4.16. The van der Waals surface area contributed by atoms with E-state index in [4.69, 9.17) is 11.5 Å². The van der Waals surface area contributed by atoms with Crippen LogP contribution < -0.4 is 16.8 Å². The predicted octanol–water partition coefficient (Wildman–Crippen LogP) is 1.85. The van der Waals surface area contributed by atoms with Crippen molar-refractivity contribution >= 4 is 17.2 Å². The third-order valence-electron chi connectivity index (χ3n) is 2.36. The van der Waals surface area contributed by atoms with E-state index in [0.29, 0.717) is 17.2 Å². The van der Waals surface area contributed by atoms with Crippen molar-refractivity contribution in [3.63, 3.8) is 0 Å². The highest BCUT2D eigenvalue weighted by Crippen LogP contribution is 2.25. The number of hydrogen-bond acceptors (Lipinski definition) is 4. The minimum Gasteiger partial charge on any atom is -0.397 e. The Morgan fingerprint density at radius 1 is 1.43 bits per heavy atom. The molecule has 1 rings (SSSR count). The van der Waals surface area contributed by atoms with Crippen LogP contribution in [0.25, 0.3) is 0 Å². The van der Waals surface area contributed by atoms with Gasteiger partial charge in [-0.1, -0.05) is 6.92 Å². The van der Waals surface area contributed by atoms with Gasteiger partial charge in [0.25, 0.3) is 0 Å². The Labute approximate surface area is 84.7 Å². The van der Waals surface area contributed by atoms with E-state index < -0.39 is 0 Å². The molecule has 5 N–H and O–H groups in total. The number of nitrogens with two attached hydrogens (primary N) is 2. The lowest BCUT2D eigenvalue weighted by atomic mass is 10.0. The first-order valence-electron chi connectivity index (χ1n) is 4.74. The molecule has 0 fully saturated rings. The topological polar surface area (TPSA) is 77.0 Å². The third-order valence-corrected chi connectivity index (χ3v) is 2.36. The van der Waals surface area contributed by atoms with E-state index in [1.807, 2.05) is 0 Å². The zero-order valence-corrected chi connectivity index (χ0v) is 8.96. The standard InChI is InChI=1S/C10H18N4/c1-4-10(2,3)14-9-8(12)7(11)5-6-13-9/h5-6H,4,12H2,1-3H3,(H3,11,13,14). The lowest BCUT2D eigenvalue weighted by molar-refractivity contribution is 0.545. The van der Waals surface area contributed by atoms with Gasteiger partial charge in [0.15, 0.2) is 5.82 Å². The molecule has 4 nitrogen and oxygen atoms in total. The molecule has 0 atom stereocenters. The summed E-state index contributed by atoms with van der Waals surface area (Å²) in [6.45, 7) is 6.30. The average molecular weight is 194 g/mol. The van der Waals surface area contributed by atoms with Crippen LogP contribution in [0.4, 0.5) is 17.2 Å².